The molecule has 5 rings (SSSR count). The number of carbonyl (C=O) groups excluding carboxylic acids is 1. The summed E-state index contributed by atoms with van der Waals surface area (Å²) in [7, 11) is 3.27. The number of hydrogen-bond acceptors (Lipinski definition) is 8. The summed E-state index contributed by atoms with van der Waals surface area (Å²) in [5.41, 5.74) is 3.63. The summed E-state index contributed by atoms with van der Waals surface area (Å²) >= 11 is 1.28. The molecule has 3 aromatic carbocycles. The summed E-state index contributed by atoms with van der Waals surface area (Å²) in [6.07, 6.45) is 2.39. The van der Waals surface area contributed by atoms with Crippen molar-refractivity contribution >= 4 is 34.6 Å². The topological polar surface area (TPSA) is 93.0 Å². The number of aromatic hydroxyl groups is 1. The molecular weight excluding hydrogens is 502 g/mol. The van der Waals surface area contributed by atoms with Crippen molar-refractivity contribution in [3.63, 3.8) is 0 Å². The Hall–Kier alpha value is -4.24. The van der Waals surface area contributed by atoms with Crippen molar-refractivity contribution < 1.29 is 24.1 Å². The van der Waals surface area contributed by atoms with E-state index in [1.54, 1.807) is 38.5 Å². The molecule has 2 aliphatic rings. The lowest BCUT2D eigenvalue weighted by Crippen LogP contribution is -2.23. The van der Waals surface area contributed by atoms with Crippen LogP contribution in [-0.2, 0) is 4.79 Å². The van der Waals surface area contributed by atoms with Gasteiger partial charge in [-0.3, -0.25) is 4.79 Å². The van der Waals surface area contributed by atoms with Crippen LogP contribution in [-0.4, -0.2) is 47.7 Å². The number of aliphatic imine (C=N–C) groups is 1. The molecule has 0 spiro atoms. The molecule has 1 N–H and O–H groups in total. The molecule has 0 aliphatic carbocycles. The summed E-state index contributed by atoms with van der Waals surface area (Å²) in [5, 5.41) is 17.3. The van der Waals surface area contributed by atoms with E-state index in [1.807, 2.05) is 60.5 Å². The monoisotopic (exact) mass is 529 g/mol. The van der Waals surface area contributed by atoms with E-state index in [4.69, 9.17) is 19.3 Å². The van der Waals surface area contributed by atoms with E-state index in [0.29, 0.717) is 28.9 Å². The Balaban J connectivity index is 1.45. The molecule has 2 aliphatic heterocycles. The lowest BCUT2D eigenvalue weighted by atomic mass is 9.98. The van der Waals surface area contributed by atoms with Gasteiger partial charge in [-0.25, -0.2) is 5.01 Å². The average Bonchev–Trinajstić information content (AvgIpc) is 3.55. The van der Waals surface area contributed by atoms with E-state index in [0.717, 1.165) is 33.9 Å². The maximum atomic E-state index is 12.9. The Labute approximate surface area is 225 Å². The van der Waals surface area contributed by atoms with Crippen LogP contribution in [0.15, 0.2) is 81.7 Å². The third-order valence-corrected chi connectivity index (χ3v) is 7.19. The highest BCUT2D eigenvalue weighted by atomic mass is 32.2. The van der Waals surface area contributed by atoms with Crippen molar-refractivity contribution in [2.75, 3.05) is 20.8 Å². The van der Waals surface area contributed by atoms with E-state index in [2.05, 4.69) is 4.99 Å². The van der Waals surface area contributed by atoms with Crippen LogP contribution < -0.4 is 14.2 Å². The highest BCUT2D eigenvalue weighted by Gasteiger charge is 2.36. The number of thioether (sulfide) groups is 1. The summed E-state index contributed by atoms with van der Waals surface area (Å²) in [6.45, 7) is 2.27. The largest absolute Gasteiger partial charge is 0.504 e. The first-order valence-electron chi connectivity index (χ1n) is 12.1. The van der Waals surface area contributed by atoms with Gasteiger partial charge in [0.1, 0.15) is 11.5 Å². The number of phenols is 1. The van der Waals surface area contributed by atoms with Crippen molar-refractivity contribution in [2.45, 2.75) is 19.4 Å². The number of rotatable bonds is 7. The second-order valence-corrected chi connectivity index (χ2v) is 9.59. The molecule has 0 radical (unpaired) electrons. The average molecular weight is 530 g/mol. The Kier molecular flexibility index (Phi) is 7.37. The van der Waals surface area contributed by atoms with Crippen molar-refractivity contribution in [3.8, 4) is 23.0 Å². The third-order valence-electron chi connectivity index (χ3n) is 6.22. The fourth-order valence-electron chi connectivity index (χ4n) is 4.27. The Morgan fingerprint density at radius 1 is 1.03 bits per heavy atom. The molecule has 8 nitrogen and oxygen atoms in total. The van der Waals surface area contributed by atoms with Crippen molar-refractivity contribution in [1.29, 1.82) is 0 Å². The predicted octanol–water partition coefficient (Wildman–Crippen LogP) is 5.63. The summed E-state index contributed by atoms with van der Waals surface area (Å²) in [6, 6.07) is 20.5. The van der Waals surface area contributed by atoms with Crippen LogP contribution in [0.3, 0.4) is 0 Å². The lowest BCUT2D eigenvalue weighted by Gasteiger charge is -2.22. The highest BCUT2D eigenvalue weighted by molar-refractivity contribution is 8.18. The lowest BCUT2D eigenvalue weighted by molar-refractivity contribution is -0.113. The molecule has 0 fully saturated rings. The molecule has 2 heterocycles. The van der Waals surface area contributed by atoms with Gasteiger partial charge in [-0.05, 0) is 90.0 Å². The molecule has 0 aromatic heterocycles. The minimum absolute atomic E-state index is 0.0520. The molecule has 3 aromatic rings. The van der Waals surface area contributed by atoms with Gasteiger partial charge in [0.15, 0.2) is 16.7 Å². The van der Waals surface area contributed by atoms with Gasteiger partial charge >= 0.3 is 0 Å². The first-order valence-corrected chi connectivity index (χ1v) is 12.9. The molecule has 0 saturated carbocycles. The van der Waals surface area contributed by atoms with Gasteiger partial charge in [0, 0.05) is 6.42 Å². The van der Waals surface area contributed by atoms with Gasteiger partial charge in [-0.2, -0.15) is 10.1 Å². The highest BCUT2D eigenvalue weighted by Crippen LogP contribution is 2.40. The first kappa shape index (κ1) is 25.4. The summed E-state index contributed by atoms with van der Waals surface area (Å²) in [4.78, 5) is 17.7. The van der Waals surface area contributed by atoms with Crippen LogP contribution in [0.4, 0.5) is 0 Å². The SMILES string of the molecule is CCOc1cc(/C=C2\SC(N3N=C(c4ccc(OC)cc4)CC3c3ccc(OC)cc3)=NC2=O)ccc1O. The predicted molar refractivity (Wildman–Crippen MR) is 149 cm³/mol. The number of hydrazone groups is 1. The van der Waals surface area contributed by atoms with Crippen LogP contribution in [0, 0.1) is 0 Å². The molecule has 9 heteroatoms. The second kappa shape index (κ2) is 11.0. The Morgan fingerprint density at radius 2 is 1.71 bits per heavy atom. The molecule has 1 amide bonds. The van der Waals surface area contributed by atoms with E-state index in [-0.39, 0.29) is 17.7 Å². The minimum atomic E-state index is -0.336. The van der Waals surface area contributed by atoms with Crippen LogP contribution in [0.2, 0.25) is 0 Å². The number of methoxy groups -OCH3 is 2. The zero-order valence-corrected chi connectivity index (χ0v) is 22.1. The number of ether oxygens (including phenoxy) is 3. The van der Waals surface area contributed by atoms with Gasteiger partial charge in [-0.1, -0.05) is 18.2 Å². The molecule has 194 valence electrons. The Morgan fingerprint density at radius 3 is 2.37 bits per heavy atom. The van der Waals surface area contributed by atoms with E-state index in [9.17, 15) is 9.90 Å². The number of benzene rings is 3. The number of carbonyl (C=O) groups is 1. The smallest absolute Gasteiger partial charge is 0.286 e. The maximum Gasteiger partial charge on any atom is 0.286 e. The molecule has 0 saturated heterocycles. The number of amides is 1. The summed E-state index contributed by atoms with van der Waals surface area (Å²) < 4.78 is 16.1. The Bertz CT molecular complexity index is 1430. The van der Waals surface area contributed by atoms with E-state index in [1.165, 1.54) is 11.8 Å². The molecule has 1 atom stereocenters. The van der Waals surface area contributed by atoms with Gasteiger partial charge in [0.2, 0.25) is 0 Å². The quantitative estimate of drug-likeness (QED) is 0.397. The van der Waals surface area contributed by atoms with Gasteiger partial charge in [-0.15, -0.1) is 0 Å². The van der Waals surface area contributed by atoms with Crippen LogP contribution in [0.5, 0.6) is 23.0 Å². The minimum Gasteiger partial charge on any atom is -0.504 e. The fraction of sp³-hybridized carbons (Fsp3) is 0.207. The zero-order chi connectivity index (χ0) is 26.6. The third kappa shape index (κ3) is 5.24. The molecule has 1 unspecified atom stereocenters. The normalized spacial score (nSPS) is 18.0. The van der Waals surface area contributed by atoms with Crippen LogP contribution >= 0.6 is 11.8 Å². The first-order chi connectivity index (χ1) is 18.5. The molecule has 38 heavy (non-hydrogen) atoms. The number of nitrogens with zero attached hydrogens (tertiary/aromatic N) is 3. The van der Waals surface area contributed by atoms with Crippen molar-refractivity contribution in [2.24, 2.45) is 10.1 Å². The number of amidine groups is 1. The fourth-order valence-corrected chi connectivity index (χ4v) is 5.18. The van der Waals surface area contributed by atoms with Crippen molar-refractivity contribution in [3.05, 3.63) is 88.3 Å². The summed E-state index contributed by atoms with van der Waals surface area (Å²) in [5.74, 6) is 1.62. The molecule has 0 bridgehead atoms. The number of hydrogen-bond donors (Lipinski definition) is 1. The number of phenolic OH excluding ortho intramolecular Hbond substituents is 1. The van der Waals surface area contributed by atoms with Crippen LogP contribution in [0.1, 0.15) is 36.1 Å². The van der Waals surface area contributed by atoms with Gasteiger partial charge in [0.05, 0.1) is 37.5 Å². The van der Waals surface area contributed by atoms with E-state index >= 15 is 0 Å². The van der Waals surface area contributed by atoms with E-state index < -0.39 is 0 Å². The maximum absolute atomic E-state index is 12.9. The van der Waals surface area contributed by atoms with Gasteiger partial charge < -0.3 is 19.3 Å². The zero-order valence-electron chi connectivity index (χ0n) is 21.2. The van der Waals surface area contributed by atoms with Crippen molar-refractivity contribution in [1.82, 2.24) is 5.01 Å². The van der Waals surface area contributed by atoms with Gasteiger partial charge in [0.25, 0.3) is 5.91 Å². The second-order valence-electron chi connectivity index (χ2n) is 8.58. The van der Waals surface area contributed by atoms with Crippen LogP contribution in [0.25, 0.3) is 6.08 Å². The molecular formula is C29H27N3O5S. The standard InChI is InChI=1S/C29H27N3O5S/c1-4-37-26-15-18(5-14-25(26)33)16-27-28(34)30-29(38-27)32-24(20-8-12-22(36-3)13-9-20)17-23(31-32)19-6-10-21(35-2)11-7-19/h5-16,24,33H,4,17H2,1-3H3/b27-16-.